The maximum absolute atomic E-state index is 5.85. The van der Waals surface area contributed by atoms with Crippen LogP contribution in [0.4, 0.5) is 0 Å². The zero-order valence-corrected chi connectivity index (χ0v) is 13.3. The average molecular weight is 283 g/mol. The van der Waals surface area contributed by atoms with Gasteiger partial charge in [-0.25, -0.2) is 0 Å². The summed E-state index contributed by atoms with van der Waals surface area (Å²) in [5.41, 5.74) is 5.14. The van der Waals surface area contributed by atoms with Crippen LogP contribution in [0.15, 0.2) is 42.5 Å². The summed E-state index contributed by atoms with van der Waals surface area (Å²) in [5, 5.41) is 3.40. The van der Waals surface area contributed by atoms with Crippen molar-refractivity contribution in [3.8, 4) is 5.75 Å². The van der Waals surface area contributed by atoms with Crippen molar-refractivity contribution in [1.29, 1.82) is 0 Å². The lowest BCUT2D eigenvalue weighted by Crippen LogP contribution is -2.13. The summed E-state index contributed by atoms with van der Waals surface area (Å²) in [6, 6.07) is 14.8. The van der Waals surface area contributed by atoms with E-state index >= 15 is 0 Å². The van der Waals surface area contributed by atoms with Crippen LogP contribution in [0.5, 0.6) is 5.75 Å². The largest absolute Gasteiger partial charge is 0.489 e. The van der Waals surface area contributed by atoms with Gasteiger partial charge in [-0.3, -0.25) is 0 Å². The van der Waals surface area contributed by atoms with Gasteiger partial charge in [0.1, 0.15) is 12.4 Å². The molecule has 0 bridgehead atoms. The molecule has 0 aliphatic rings. The van der Waals surface area contributed by atoms with Crippen molar-refractivity contribution in [2.45, 2.75) is 40.3 Å². The molecular weight excluding hydrogens is 258 g/mol. The fourth-order valence-electron chi connectivity index (χ4n) is 2.17. The summed E-state index contributed by atoms with van der Waals surface area (Å²) >= 11 is 0. The summed E-state index contributed by atoms with van der Waals surface area (Å²) in [5.74, 6) is 0.924. The van der Waals surface area contributed by atoms with E-state index in [2.05, 4.69) is 56.4 Å². The average Bonchev–Trinajstić information content (AvgIpc) is 2.50. The minimum absolute atomic E-state index is 0.620. The zero-order valence-electron chi connectivity index (χ0n) is 13.3. The molecule has 0 unspecified atom stereocenters. The molecule has 1 N–H and O–H groups in total. The summed E-state index contributed by atoms with van der Waals surface area (Å²) < 4.78 is 5.85. The molecule has 0 saturated carbocycles. The molecule has 0 atom stereocenters. The van der Waals surface area contributed by atoms with Crippen molar-refractivity contribution in [1.82, 2.24) is 5.32 Å². The van der Waals surface area contributed by atoms with E-state index in [1.165, 1.54) is 22.3 Å². The van der Waals surface area contributed by atoms with Gasteiger partial charge in [0.25, 0.3) is 0 Å². The van der Waals surface area contributed by atoms with E-state index in [-0.39, 0.29) is 0 Å². The highest BCUT2D eigenvalue weighted by atomic mass is 16.5. The van der Waals surface area contributed by atoms with Gasteiger partial charge in [0.15, 0.2) is 0 Å². The van der Waals surface area contributed by atoms with E-state index in [0.29, 0.717) is 6.61 Å². The van der Waals surface area contributed by atoms with E-state index in [4.69, 9.17) is 4.74 Å². The predicted octanol–water partition coefficient (Wildman–Crippen LogP) is 4.38. The molecule has 0 fully saturated rings. The Morgan fingerprint density at radius 1 is 0.905 bits per heavy atom. The molecule has 2 heteroatoms. The van der Waals surface area contributed by atoms with Crippen LogP contribution >= 0.6 is 0 Å². The first-order valence-electron chi connectivity index (χ1n) is 7.67. The van der Waals surface area contributed by atoms with Crippen molar-refractivity contribution in [2.75, 3.05) is 6.54 Å². The number of hydrogen-bond donors (Lipinski definition) is 1. The van der Waals surface area contributed by atoms with Gasteiger partial charge in [-0.2, -0.15) is 0 Å². The molecule has 112 valence electrons. The molecule has 2 aromatic carbocycles. The van der Waals surface area contributed by atoms with E-state index in [1.807, 2.05) is 12.1 Å². The van der Waals surface area contributed by atoms with E-state index in [0.717, 1.165) is 25.3 Å². The van der Waals surface area contributed by atoms with Crippen LogP contribution < -0.4 is 10.1 Å². The van der Waals surface area contributed by atoms with Gasteiger partial charge in [-0.1, -0.05) is 37.3 Å². The third kappa shape index (κ3) is 4.91. The van der Waals surface area contributed by atoms with Crippen LogP contribution in [0.1, 0.15) is 35.6 Å². The first-order chi connectivity index (χ1) is 10.2. The SMILES string of the molecule is CCCNCc1ccc(OCc2ccc(C)c(C)c2)cc1. The van der Waals surface area contributed by atoms with Crippen LogP contribution in [0.25, 0.3) is 0 Å². The highest BCUT2D eigenvalue weighted by molar-refractivity contribution is 5.31. The van der Waals surface area contributed by atoms with Gasteiger partial charge in [0.2, 0.25) is 0 Å². The first kappa shape index (κ1) is 15.6. The fourth-order valence-corrected chi connectivity index (χ4v) is 2.17. The molecule has 0 spiro atoms. The topological polar surface area (TPSA) is 21.3 Å². The Hall–Kier alpha value is -1.80. The van der Waals surface area contributed by atoms with Crippen LogP contribution in [-0.2, 0) is 13.2 Å². The Morgan fingerprint density at radius 3 is 2.29 bits per heavy atom. The third-order valence-electron chi connectivity index (χ3n) is 3.66. The number of benzene rings is 2. The maximum Gasteiger partial charge on any atom is 0.119 e. The highest BCUT2D eigenvalue weighted by Crippen LogP contribution is 2.16. The summed E-state index contributed by atoms with van der Waals surface area (Å²) in [6.45, 7) is 9.05. The molecule has 0 aliphatic carbocycles. The number of aryl methyl sites for hydroxylation is 2. The van der Waals surface area contributed by atoms with Crippen molar-refractivity contribution < 1.29 is 4.74 Å². The lowest BCUT2D eigenvalue weighted by molar-refractivity contribution is 0.306. The Bertz CT molecular complexity index is 560. The van der Waals surface area contributed by atoms with E-state index in [1.54, 1.807) is 0 Å². The Morgan fingerprint density at radius 2 is 1.62 bits per heavy atom. The molecule has 0 radical (unpaired) electrons. The van der Waals surface area contributed by atoms with Crippen molar-refractivity contribution in [3.05, 3.63) is 64.7 Å². The van der Waals surface area contributed by atoms with Crippen LogP contribution in [0.3, 0.4) is 0 Å². The molecule has 0 aromatic heterocycles. The van der Waals surface area contributed by atoms with Crippen LogP contribution in [0, 0.1) is 13.8 Å². The van der Waals surface area contributed by atoms with Gasteiger partial charge in [0, 0.05) is 6.54 Å². The molecule has 21 heavy (non-hydrogen) atoms. The van der Waals surface area contributed by atoms with Crippen molar-refractivity contribution in [3.63, 3.8) is 0 Å². The molecule has 0 saturated heterocycles. The second-order valence-electron chi connectivity index (χ2n) is 5.53. The lowest BCUT2D eigenvalue weighted by atomic mass is 10.1. The molecule has 0 aliphatic heterocycles. The summed E-state index contributed by atoms with van der Waals surface area (Å²) in [6.07, 6.45) is 1.16. The molecule has 2 aromatic rings. The Kier molecular flexibility index (Phi) is 5.82. The Balaban J connectivity index is 1.86. The first-order valence-corrected chi connectivity index (χ1v) is 7.67. The molecule has 0 heterocycles. The number of ether oxygens (including phenoxy) is 1. The van der Waals surface area contributed by atoms with Crippen LogP contribution in [-0.4, -0.2) is 6.54 Å². The van der Waals surface area contributed by atoms with Gasteiger partial charge in [-0.15, -0.1) is 0 Å². The lowest BCUT2D eigenvalue weighted by Gasteiger charge is -2.09. The minimum Gasteiger partial charge on any atom is -0.489 e. The smallest absolute Gasteiger partial charge is 0.119 e. The second-order valence-corrected chi connectivity index (χ2v) is 5.53. The van der Waals surface area contributed by atoms with Gasteiger partial charge in [-0.05, 0) is 61.2 Å². The van der Waals surface area contributed by atoms with Gasteiger partial charge in [0.05, 0.1) is 0 Å². The summed E-state index contributed by atoms with van der Waals surface area (Å²) in [7, 11) is 0. The molecule has 2 nitrogen and oxygen atoms in total. The van der Waals surface area contributed by atoms with Gasteiger partial charge >= 0.3 is 0 Å². The highest BCUT2D eigenvalue weighted by Gasteiger charge is 1.99. The van der Waals surface area contributed by atoms with Gasteiger partial charge < -0.3 is 10.1 Å². The normalized spacial score (nSPS) is 10.6. The number of rotatable bonds is 7. The molecule has 0 amide bonds. The number of hydrogen-bond acceptors (Lipinski definition) is 2. The van der Waals surface area contributed by atoms with Crippen LogP contribution in [0.2, 0.25) is 0 Å². The van der Waals surface area contributed by atoms with Crippen molar-refractivity contribution in [2.24, 2.45) is 0 Å². The zero-order chi connectivity index (χ0) is 15.1. The Labute approximate surface area is 128 Å². The predicted molar refractivity (Wildman–Crippen MR) is 88.7 cm³/mol. The second kappa shape index (κ2) is 7.84. The minimum atomic E-state index is 0.620. The summed E-state index contributed by atoms with van der Waals surface area (Å²) in [4.78, 5) is 0. The fraction of sp³-hybridized carbons (Fsp3) is 0.368. The van der Waals surface area contributed by atoms with E-state index in [9.17, 15) is 0 Å². The molecule has 2 rings (SSSR count). The third-order valence-corrected chi connectivity index (χ3v) is 3.66. The quantitative estimate of drug-likeness (QED) is 0.761. The van der Waals surface area contributed by atoms with E-state index < -0.39 is 0 Å². The monoisotopic (exact) mass is 283 g/mol. The number of nitrogens with one attached hydrogen (secondary N) is 1. The van der Waals surface area contributed by atoms with Crippen molar-refractivity contribution >= 4 is 0 Å². The standard InChI is InChI=1S/C19H25NO/c1-4-11-20-13-17-7-9-19(10-8-17)21-14-18-6-5-15(2)16(3)12-18/h5-10,12,20H,4,11,13-14H2,1-3H3. The molecular formula is C19H25NO. The maximum atomic E-state index is 5.85.